The summed E-state index contributed by atoms with van der Waals surface area (Å²) in [5.74, 6) is 0.0740. The summed E-state index contributed by atoms with van der Waals surface area (Å²) in [5.41, 5.74) is -0.298. The molecular weight excluding hydrogens is 333 g/mol. The molecule has 0 amide bonds. The SMILES string of the molecule is O=S(=O)(c1ccccc1F)N1C[C@@H]2COC[C@]2(COCC2CC2)C1. The van der Waals surface area contributed by atoms with Crippen LogP contribution in [-0.2, 0) is 19.5 Å². The standard InChI is InChI=1S/C17H22FNO4S/c18-15-3-1-2-4-16(15)24(20,21)19-7-14-9-23-12-17(14,10-19)11-22-8-13-5-6-13/h1-4,13-14H,5-12H2/t14-,17-/m1/s1. The zero-order chi connectivity index (χ0) is 16.8. The van der Waals surface area contributed by atoms with Crippen LogP contribution in [0.5, 0.6) is 0 Å². The number of hydrogen-bond acceptors (Lipinski definition) is 4. The number of benzene rings is 1. The van der Waals surface area contributed by atoms with Gasteiger partial charge < -0.3 is 9.47 Å². The summed E-state index contributed by atoms with van der Waals surface area (Å²) < 4.78 is 52.5. The highest BCUT2D eigenvalue weighted by molar-refractivity contribution is 7.89. The fourth-order valence-electron chi connectivity index (χ4n) is 3.68. The minimum atomic E-state index is -3.83. The first-order valence-corrected chi connectivity index (χ1v) is 9.85. The molecule has 2 saturated heterocycles. The topological polar surface area (TPSA) is 55.8 Å². The molecule has 2 heterocycles. The van der Waals surface area contributed by atoms with Crippen molar-refractivity contribution < 1.29 is 22.3 Å². The minimum Gasteiger partial charge on any atom is -0.380 e. The Balaban J connectivity index is 1.52. The molecule has 1 aromatic carbocycles. The van der Waals surface area contributed by atoms with Gasteiger partial charge >= 0.3 is 0 Å². The van der Waals surface area contributed by atoms with E-state index in [9.17, 15) is 12.8 Å². The van der Waals surface area contributed by atoms with Crippen LogP contribution in [0.25, 0.3) is 0 Å². The zero-order valence-corrected chi connectivity index (χ0v) is 14.3. The van der Waals surface area contributed by atoms with Crippen molar-refractivity contribution in [2.45, 2.75) is 17.7 Å². The van der Waals surface area contributed by atoms with E-state index in [1.54, 1.807) is 6.07 Å². The van der Waals surface area contributed by atoms with E-state index in [1.807, 2.05) is 0 Å². The Morgan fingerprint density at radius 1 is 1.33 bits per heavy atom. The lowest BCUT2D eigenvalue weighted by molar-refractivity contribution is 0.0264. The number of halogens is 1. The van der Waals surface area contributed by atoms with E-state index in [1.165, 1.54) is 35.3 Å². The lowest BCUT2D eigenvalue weighted by Gasteiger charge is -2.27. The van der Waals surface area contributed by atoms with Gasteiger partial charge in [0.1, 0.15) is 10.7 Å². The molecule has 1 aromatic rings. The van der Waals surface area contributed by atoms with Crippen molar-refractivity contribution in [3.63, 3.8) is 0 Å². The molecule has 0 bridgehead atoms. The molecule has 0 N–H and O–H groups in total. The molecule has 1 saturated carbocycles. The first-order chi connectivity index (χ1) is 11.5. The van der Waals surface area contributed by atoms with Crippen molar-refractivity contribution in [1.29, 1.82) is 0 Å². The molecule has 7 heteroatoms. The molecule has 0 aromatic heterocycles. The number of nitrogens with zero attached hydrogens (tertiary/aromatic N) is 1. The highest BCUT2D eigenvalue weighted by atomic mass is 32.2. The van der Waals surface area contributed by atoms with Gasteiger partial charge in [0.05, 0.1) is 19.8 Å². The Kier molecular flexibility index (Phi) is 4.15. The van der Waals surface area contributed by atoms with Gasteiger partial charge in [-0.3, -0.25) is 0 Å². The van der Waals surface area contributed by atoms with Crippen LogP contribution in [0.15, 0.2) is 29.2 Å². The first kappa shape index (κ1) is 16.4. The smallest absolute Gasteiger partial charge is 0.246 e. The van der Waals surface area contributed by atoms with Gasteiger partial charge in [-0.1, -0.05) is 12.1 Å². The van der Waals surface area contributed by atoms with Gasteiger partial charge in [-0.05, 0) is 30.9 Å². The maximum atomic E-state index is 14.0. The molecular formula is C17H22FNO4S. The third kappa shape index (κ3) is 2.87. The number of sulfonamides is 1. The quantitative estimate of drug-likeness (QED) is 0.782. The van der Waals surface area contributed by atoms with E-state index in [4.69, 9.17) is 9.47 Å². The Morgan fingerprint density at radius 3 is 2.88 bits per heavy atom. The molecule has 0 spiro atoms. The molecule has 3 fully saturated rings. The molecule has 0 radical (unpaired) electrons. The van der Waals surface area contributed by atoms with Crippen LogP contribution in [0.3, 0.4) is 0 Å². The summed E-state index contributed by atoms with van der Waals surface area (Å²) in [6.45, 7) is 3.00. The van der Waals surface area contributed by atoms with Crippen LogP contribution < -0.4 is 0 Å². The van der Waals surface area contributed by atoms with Gasteiger partial charge in [0.25, 0.3) is 0 Å². The first-order valence-electron chi connectivity index (χ1n) is 8.41. The van der Waals surface area contributed by atoms with Crippen molar-refractivity contribution in [2.75, 3.05) is 39.5 Å². The monoisotopic (exact) mass is 355 g/mol. The van der Waals surface area contributed by atoms with Crippen molar-refractivity contribution in [2.24, 2.45) is 17.3 Å². The van der Waals surface area contributed by atoms with E-state index in [0.29, 0.717) is 38.8 Å². The van der Waals surface area contributed by atoms with Crippen LogP contribution in [-0.4, -0.2) is 52.2 Å². The van der Waals surface area contributed by atoms with Gasteiger partial charge in [0, 0.05) is 31.0 Å². The van der Waals surface area contributed by atoms with Crippen LogP contribution in [0, 0.1) is 23.1 Å². The largest absolute Gasteiger partial charge is 0.380 e. The highest BCUT2D eigenvalue weighted by Gasteiger charge is 2.54. The summed E-state index contributed by atoms with van der Waals surface area (Å²) in [5, 5.41) is 0. The van der Waals surface area contributed by atoms with Crippen LogP contribution in [0.4, 0.5) is 4.39 Å². The average molecular weight is 355 g/mol. The van der Waals surface area contributed by atoms with E-state index in [2.05, 4.69) is 0 Å². The number of rotatable bonds is 6. The molecule has 3 aliphatic rings. The Morgan fingerprint density at radius 2 is 2.12 bits per heavy atom. The minimum absolute atomic E-state index is 0.109. The summed E-state index contributed by atoms with van der Waals surface area (Å²) in [7, 11) is -3.83. The lowest BCUT2D eigenvalue weighted by atomic mass is 9.82. The van der Waals surface area contributed by atoms with Gasteiger partial charge in [0.15, 0.2) is 0 Å². The van der Waals surface area contributed by atoms with E-state index in [0.717, 1.165) is 6.61 Å². The second-order valence-electron chi connectivity index (χ2n) is 7.26. The maximum Gasteiger partial charge on any atom is 0.246 e. The Bertz CT molecular complexity index is 721. The summed E-state index contributed by atoms with van der Waals surface area (Å²) >= 11 is 0. The van der Waals surface area contributed by atoms with Crippen molar-refractivity contribution in [3.8, 4) is 0 Å². The van der Waals surface area contributed by atoms with Crippen LogP contribution in [0.2, 0.25) is 0 Å². The number of fused-ring (bicyclic) bond motifs is 1. The predicted molar refractivity (Wildman–Crippen MR) is 85.4 cm³/mol. The third-order valence-electron chi connectivity index (χ3n) is 5.38. The average Bonchev–Trinajstić information content (AvgIpc) is 3.16. The summed E-state index contributed by atoms with van der Waals surface area (Å²) in [6, 6.07) is 5.55. The molecule has 2 aliphatic heterocycles. The van der Waals surface area contributed by atoms with Crippen molar-refractivity contribution in [1.82, 2.24) is 4.31 Å². The molecule has 4 rings (SSSR count). The molecule has 1 aliphatic carbocycles. The fraction of sp³-hybridized carbons (Fsp3) is 0.647. The lowest BCUT2D eigenvalue weighted by Crippen LogP contribution is -2.37. The van der Waals surface area contributed by atoms with Gasteiger partial charge in [-0.25, -0.2) is 12.8 Å². The molecule has 5 nitrogen and oxygen atoms in total. The predicted octanol–water partition coefficient (Wildman–Crippen LogP) is 1.89. The van der Waals surface area contributed by atoms with Gasteiger partial charge in [-0.2, -0.15) is 4.31 Å². The van der Waals surface area contributed by atoms with Crippen LogP contribution >= 0.6 is 0 Å². The second kappa shape index (κ2) is 6.05. The number of ether oxygens (including phenoxy) is 2. The van der Waals surface area contributed by atoms with E-state index in [-0.39, 0.29) is 16.2 Å². The molecule has 2 atom stereocenters. The zero-order valence-electron chi connectivity index (χ0n) is 13.5. The van der Waals surface area contributed by atoms with Gasteiger partial charge in [-0.15, -0.1) is 0 Å². The Labute approximate surface area is 141 Å². The molecule has 24 heavy (non-hydrogen) atoms. The second-order valence-corrected chi connectivity index (χ2v) is 9.17. The van der Waals surface area contributed by atoms with Crippen molar-refractivity contribution >= 4 is 10.0 Å². The highest BCUT2D eigenvalue weighted by Crippen LogP contribution is 2.44. The Hall–Kier alpha value is -1.02. The summed E-state index contributed by atoms with van der Waals surface area (Å²) in [6.07, 6.45) is 2.45. The molecule has 0 unspecified atom stereocenters. The number of hydrogen-bond donors (Lipinski definition) is 0. The third-order valence-corrected chi connectivity index (χ3v) is 7.23. The van der Waals surface area contributed by atoms with Crippen LogP contribution in [0.1, 0.15) is 12.8 Å². The van der Waals surface area contributed by atoms with Crippen molar-refractivity contribution in [3.05, 3.63) is 30.1 Å². The van der Waals surface area contributed by atoms with E-state index < -0.39 is 15.8 Å². The van der Waals surface area contributed by atoms with Gasteiger partial charge in [0.2, 0.25) is 10.0 Å². The summed E-state index contributed by atoms with van der Waals surface area (Å²) in [4.78, 5) is -0.250. The molecule has 132 valence electrons. The fourth-order valence-corrected chi connectivity index (χ4v) is 5.32. The normalized spacial score (nSPS) is 30.6. The van der Waals surface area contributed by atoms with E-state index >= 15 is 0 Å². The maximum absolute atomic E-state index is 14.0.